The Bertz CT molecular complexity index is 1280. The first-order valence-electron chi connectivity index (χ1n) is 11.5. The van der Waals surface area contributed by atoms with Crippen LogP contribution in [0.15, 0.2) is 46.1 Å². The fraction of sp³-hybridized carbons (Fsp3) is 0.400. The van der Waals surface area contributed by atoms with E-state index in [0.29, 0.717) is 43.9 Å². The SMILES string of the molecule is Cc1cc(C(=O)N2CCCN(S(=O)(=O)c3c(C)noc3C)CC2)cc(C)c1OCc1cccnc1. The van der Waals surface area contributed by atoms with Crippen LogP contribution in [-0.4, -0.2) is 59.8 Å². The molecule has 1 aliphatic heterocycles. The third-order valence-corrected chi connectivity index (χ3v) is 8.26. The molecule has 3 aromatic rings. The number of pyridine rings is 1. The van der Waals surface area contributed by atoms with Crippen LogP contribution >= 0.6 is 0 Å². The molecule has 1 saturated heterocycles. The molecule has 0 bridgehead atoms. The number of ether oxygens (including phenoxy) is 1. The molecule has 0 N–H and O–H groups in total. The van der Waals surface area contributed by atoms with Gasteiger partial charge in [-0.1, -0.05) is 11.2 Å². The molecule has 1 aliphatic rings. The number of hydrogen-bond acceptors (Lipinski definition) is 7. The fourth-order valence-corrected chi connectivity index (χ4v) is 6.19. The van der Waals surface area contributed by atoms with Gasteiger partial charge in [-0.25, -0.2) is 8.42 Å². The molecule has 1 amide bonds. The largest absolute Gasteiger partial charge is 0.488 e. The summed E-state index contributed by atoms with van der Waals surface area (Å²) in [6, 6.07) is 7.47. The average Bonchev–Trinajstić information content (AvgIpc) is 3.01. The van der Waals surface area contributed by atoms with Crippen molar-refractivity contribution in [3.63, 3.8) is 0 Å². The maximum atomic E-state index is 13.3. The maximum Gasteiger partial charge on any atom is 0.253 e. The first kappa shape index (κ1) is 24.9. The van der Waals surface area contributed by atoms with E-state index in [1.807, 2.05) is 38.1 Å². The second-order valence-corrected chi connectivity index (χ2v) is 10.7. The van der Waals surface area contributed by atoms with Gasteiger partial charge in [0.1, 0.15) is 22.9 Å². The van der Waals surface area contributed by atoms with Crippen LogP contribution in [0.5, 0.6) is 5.75 Å². The first-order valence-corrected chi connectivity index (χ1v) is 13.0. The van der Waals surface area contributed by atoms with Gasteiger partial charge >= 0.3 is 0 Å². The molecule has 0 spiro atoms. The number of hydrogen-bond donors (Lipinski definition) is 0. The van der Waals surface area contributed by atoms with Crippen LogP contribution in [-0.2, 0) is 16.6 Å². The molecule has 35 heavy (non-hydrogen) atoms. The Labute approximate surface area is 205 Å². The van der Waals surface area contributed by atoms with Crippen molar-refractivity contribution in [1.82, 2.24) is 19.3 Å². The zero-order chi connectivity index (χ0) is 25.2. The normalized spacial score (nSPS) is 15.1. The summed E-state index contributed by atoms with van der Waals surface area (Å²) in [5, 5.41) is 3.78. The van der Waals surface area contributed by atoms with Gasteiger partial charge in [0.05, 0.1) is 0 Å². The second kappa shape index (κ2) is 10.2. The van der Waals surface area contributed by atoms with Crippen molar-refractivity contribution >= 4 is 15.9 Å². The molecule has 9 nitrogen and oxygen atoms in total. The summed E-state index contributed by atoms with van der Waals surface area (Å²) in [6.07, 6.45) is 4.02. The number of nitrogens with zero attached hydrogens (tertiary/aromatic N) is 4. The van der Waals surface area contributed by atoms with Crippen LogP contribution in [0.4, 0.5) is 0 Å². The lowest BCUT2D eigenvalue weighted by molar-refractivity contribution is 0.0764. The maximum absolute atomic E-state index is 13.3. The highest BCUT2D eigenvalue weighted by Crippen LogP contribution is 2.28. The predicted molar refractivity (Wildman–Crippen MR) is 130 cm³/mol. The van der Waals surface area contributed by atoms with E-state index in [1.54, 1.807) is 31.1 Å². The van der Waals surface area contributed by atoms with Crippen molar-refractivity contribution in [3.8, 4) is 5.75 Å². The number of rotatable bonds is 6. The summed E-state index contributed by atoms with van der Waals surface area (Å²) < 4.78 is 38.9. The minimum atomic E-state index is -3.75. The van der Waals surface area contributed by atoms with Gasteiger partial charge in [0.25, 0.3) is 5.91 Å². The van der Waals surface area contributed by atoms with Crippen molar-refractivity contribution < 1.29 is 22.5 Å². The molecule has 0 unspecified atom stereocenters. The molecule has 10 heteroatoms. The van der Waals surface area contributed by atoms with E-state index in [4.69, 9.17) is 9.26 Å². The van der Waals surface area contributed by atoms with Crippen molar-refractivity contribution in [1.29, 1.82) is 0 Å². The second-order valence-electron chi connectivity index (χ2n) is 8.79. The standard InChI is InChI=1S/C25H30N4O5S/c1-17-13-22(14-18(2)23(17)33-16-21-7-5-8-26-15-21)25(30)28-9-6-10-29(12-11-28)35(31,32)24-19(3)27-34-20(24)4/h5,7-8,13-15H,6,9-12,16H2,1-4H3. The summed E-state index contributed by atoms with van der Waals surface area (Å²) in [5.41, 5.74) is 3.61. The fourth-order valence-electron chi connectivity index (χ4n) is 4.43. The van der Waals surface area contributed by atoms with E-state index < -0.39 is 10.0 Å². The van der Waals surface area contributed by atoms with E-state index in [1.165, 1.54) is 4.31 Å². The van der Waals surface area contributed by atoms with E-state index in [2.05, 4.69) is 10.1 Å². The van der Waals surface area contributed by atoms with Gasteiger partial charge in [-0.15, -0.1) is 0 Å². The third kappa shape index (κ3) is 5.23. The van der Waals surface area contributed by atoms with Gasteiger partial charge in [0, 0.05) is 49.7 Å². The molecule has 4 rings (SSSR count). The van der Waals surface area contributed by atoms with Crippen molar-refractivity contribution in [2.45, 2.75) is 45.6 Å². The highest BCUT2D eigenvalue weighted by atomic mass is 32.2. The Morgan fingerprint density at radius 3 is 2.46 bits per heavy atom. The molecule has 1 aromatic carbocycles. The molecule has 3 heterocycles. The van der Waals surface area contributed by atoms with E-state index in [0.717, 1.165) is 22.4 Å². The summed E-state index contributed by atoms with van der Waals surface area (Å²) >= 11 is 0. The molecule has 0 radical (unpaired) electrons. The van der Waals surface area contributed by atoms with E-state index >= 15 is 0 Å². The monoisotopic (exact) mass is 498 g/mol. The minimum absolute atomic E-state index is 0.116. The number of sulfonamides is 1. The van der Waals surface area contributed by atoms with Crippen LogP contribution in [0.3, 0.4) is 0 Å². The summed E-state index contributed by atoms with van der Waals surface area (Å²) in [4.78, 5) is 19.3. The van der Waals surface area contributed by atoms with Crippen LogP contribution in [0.1, 0.15) is 44.9 Å². The molecule has 0 aliphatic carbocycles. The lowest BCUT2D eigenvalue weighted by atomic mass is 10.0. The van der Waals surface area contributed by atoms with Gasteiger partial charge in [-0.3, -0.25) is 9.78 Å². The lowest BCUT2D eigenvalue weighted by Crippen LogP contribution is -2.37. The van der Waals surface area contributed by atoms with Gasteiger partial charge in [0.15, 0.2) is 5.76 Å². The highest BCUT2D eigenvalue weighted by Gasteiger charge is 2.33. The zero-order valence-electron chi connectivity index (χ0n) is 20.4. The molecular weight excluding hydrogens is 468 g/mol. The van der Waals surface area contributed by atoms with Crippen molar-refractivity contribution in [2.75, 3.05) is 26.2 Å². The molecule has 2 aromatic heterocycles. The minimum Gasteiger partial charge on any atom is -0.488 e. The summed E-state index contributed by atoms with van der Waals surface area (Å²) in [7, 11) is -3.75. The Morgan fingerprint density at radius 2 is 1.83 bits per heavy atom. The quantitative estimate of drug-likeness (QED) is 0.513. The van der Waals surface area contributed by atoms with Crippen LogP contribution in [0, 0.1) is 27.7 Å². The number of aromatic nitrogens is 2. The van der Waals surface area contributed by atoms with E-state index in [-0.39, 0.29) is 23.1 Å². The molecule has 1 fully saturated rings. The Kier molecular flexibility index (Phi) is 7.23. The topological polar surface area (TPSA) is 106 Å². The van der Waals surface area contributed by atoms with Crippen LogP contribution in [0.2, 0.25) is 0 Å². The highest BCUT2D eigenvalue weighted by molar-refractivity contribution is 7.89. The molecule has 186 valence electrons. The van der Waals surface area contributed by atoms with Crippen molar-refractivity contribution in [2.24, 2.45) is 0 Å². The third-order valence-electron chi connectivity index (χ3n) is 6.12. The van der Waals surface area contributed by atoms with Gasteiger partial charge < -0.3 is 14.2 Å². The Hall–Kier alpha value is -3.24. The Morgan fingerprint density at radius 1 is 1.09 bits per heavy atom. The number of aryl methyl sites for hydroxylation is 4. The van der Waals surface area contributed by atoms with Crippen LogP contribution in [0.25, 0.3) is 0 Å². The van der Waals surface area contributed by atoms with Gasteiger partial charge in [-0.2, -0.15) is 4.31 Å². The average molecular weight is 499 g/mol. The molecular formula is C25H30N4O5S. The number of amides is 1. The zero-order valence-corrected chi connectivity index (χ0v) is 21.3. The summed E-state index contributed by atoms with van der Waals surface area (Å²) in [6.45, 7) is 8.76. The molecule has 0 saturated carbocycles. The van der Waals surface area contributed by atoms with E-state index in [9.17, 15) is 13.2 Å². The smallest absolute Gasteiger partial charge is 0.253 e. The van der Waals surface area contributed by atoms with Crippen molar-refractivity contribution in [3.05, 3.63) is 70.4 Å². The lowest BCUT2D eigenvalue weighted by Gasteiger charge is -2.23. The number of carbonyl (C=O) groups is 1. The number of benzene rings is 1. The predicted octanol–water partition coefficient (Wildman–Crippen LogP) is 3.42. The van der Waals surface area contributed by atoms with Gasteiger partial charge in [0.2, 0.25) is 10.0 Å². The summed E-state index contributed by atoms with van der Waals surface area (Å²) in [5.74, 6) is 0.904. The number of carbonyl (C=O) groups excluding carboxylic acids is 1. The van der Waals surface area contributed by atoms with Crippen LogP contribution < -0.4 is 4.74 Å². The molecule has 0 atom stereocenters. The van der Waals surface area contributed by atoms with Gasteiger partial charge in [-0.05, 0) is 63.4 Å². The first-order chi connectivity index (χ1) is 16.7. The Balaban J connectivity index is 1.46.